The highest BCUT2D eigenvalue weighted by molar-refractivity contribution is 4.50. The Hall–Kier alpha value is -0.0800. The van der Waals surface area contributed by atoms with E-state index in [1.165, 1.54) is 103 Å². The quantitative estimate of drug-likeness (QED) is 0.220. The third-order valence-corrected chi connectivity index (χ3v) is 4.39. The van der Waals surface area contributed by atoms with E-state index in [9.17, 15) is 0 Å². The molecule has 0 saturated carbocycles. The highest BCUT2D eigenvalue weighted by atomic mass is 16.5. The minimum absolute atomic E-state index is 0.749. The van der Waals surface area contributed by atoms with Gasteiger partial charge in [-0.3, -0.25) is 0 Å². The highest BCUT2D eigenvalue weighted by Gasteiger charge is 1.94. The first kappa shape index (κ1) is 20.9. The summed E-state index contributed by atoms with van der Waals surface area (Å²) in [6.45, 7) is 3.04. The third-order valence-electron chi connectivity index (χ3n) is 4.39. The molecule has 21 heavy (non-hydrogen) atoms. The zero-order chi connectivity index (χ0) is 15.4. The van der Waals surface area contributed by atoms with Crippen LogP contribution in [0.5, 0.6) is 0 Å². The lowest BCUT2D eigenvalue weighted by Gasteiger charge is -2.03. The normalized spacial score (nSPS) is 11.1. The van der Waals surface area contributed by atoms with Gasteiger partial charge in [-0.25, -0.2) is 5.48 Å². The second kappa shape index (κ2) is 19.9. The number of hydroxylamine groups is 1. The van der Waals surface area contributed by atoms with Gasteiger partial charge < -0.3 is 5.21 Å². The van der Waals surface area contributed by atoms with Crippen LogP contribution in [0, 0.1) is 0 Å². The van der Waals surface area contributed by atoms with Crippen LogP contribution in [-0.2, 0) is 0 Å². The van der Waals surface area contributed by atoms with Crippen molar-refractivity contribution in [2.75, 3.05) is 6.54 Å². The van der Waals surface area contributed by atoms with Gasteiger partial charge in [-0.2, -0.15) is 0 Å². The molecule has 0 saturated heterocycles. The van der Waals surface area contributed by atoms with Gasteiger partial charge in [-0.05, 0) is 6.42 Å². The summed E-state index contributed by atoms with van der Waals surface area (Å²) < 4.78 is 0. The molecule has 2 nitrogen and oxygen atoms in total. The third kappa shape index (κ3) is 19.9. The summed E-state index contributed by atoms with van der Waals surface area (Å²) in [5, 5.41) is 8.44. The summed E-state index contributed by atoms with van der Waals surface area (Å²) >= 11 is 0. The van der Waals surface area contributed by atoms with E-state index in [1.807, 2.05) is 0 Å². The molecule has 0 aromatic heterocycles. The molecule has 0 aliphatic rings. The number of rotatable bonds is 18. The van der Waals surface area contributed by atoms with Crippen molar-refractivity contribution in [2.24, 2.45) is 0 Å². The second-order valence-corrected chi connectivity index (χ2v) is 6.56. The lowest BCUT2D eigenvalue weighted by atomic mass is 10.0. The monoisotopic (exact) mass is 299 g/mol. The van der Waals surface area contributed by atoms with E-state index < -0.39 is 0 Å². The largest absolute Gasteiger partial charge is 0.317 e. The van der Waals surface area contributed by atoms with Crippen LogP contribution in [0.2, 0.25) is 0 Å². The summed E-state index contributed by atoms with van der Waals surface area (Å²) in [6.07, 6.45) is 23.8. The summed E-state index contributed by atoms with van der Waals surface area (Å²) in [6, 6.07) is 0. The summed E-state index contributed by atoms with van der Waals surface area (Å²) in [7, 11) is 0. The zero-order valence-corrected chi connectivity index (χ0v) is 14.7. The van der Waals surface area contributed by atoms with Crippen molar-refractivity contribution >= 4 is 0 Å². The average Bonchev–Trinajstić information content (AvgIpc) is 2.50. The maximum atomic E-state index is 8.44. The predicted octanol–water partition coefficient (Wildman–Crippen LogP) is 6.62. The van der Waals surface area contributed by atoms with E-state index in [-0.39, 0.29) is 0 Å². The van der Waals surface area contributed by atoms with E-state index in [4.69, 9.17) is 5.21 Å². The first-order chi connectivity index (χ1) is 10.4. The molecular weight excluding hydrogens is 258 g/mol. The molecule has 0 rings (SSSR count). The molecule has 128 valence electrons. The molecule has 0 bridgehead atoms. The van der Waals surface area contributed by atoms with Gasteiger partial charge in [-0.1, -0.05) is 110 Å². The molecule has 0 radical (unpaired) electrons. The first-order valence-electron chi connectivity index (χ1n) is 9.78. The standard InChI is InChI=1S/C19H41NO/c1-2-3-4-5-6-7-8-9-10-11-12-13-14-15-16-17-18-19-20-21/h20-21H,2-19H2,1H3. The zero-order valence-electron chi connectivity index (χ0n) is 14.7. The van der Waals surface area contributed by atoms with Crippen molar-refractivity contribution < 1.29 is 5.21 Å². The van der Waals surface area contributed by atoms with Crippen molar-refractivity contribution in [3.63, 3.8) is 0 Å². The van der Waals surface area contributed by atoms with Crippen molar-refractivity contribution in [3.8, 4) is 0 Å². The van der Waals surface area contributed by atoms with Gasteiger partial charge in [0.1, 0.15) is 0 Å². The van der Waals surface area contributed by atoms with Gasteiger partial charge in [0.25, 0.3) is 0 Å². The van der Waals surface area contributed by atoms with Gasteiger partial charge in [-0.15, -0.1) is 0 Å². The van der Waals surface area contributed by atoms with Crippen molar-refractivity contribution in [2.45, 2.75) is 116 Å². The molecule has 0 aliphatic carbocycles. The SMILES string of the molecule is CCCCCCCCCCCCCCCCCCCNO. The van der Waals surface area contributed by atoms with E-state index >= 15 is 0 Å². The first-order valence-corrected chi connectivity index (χ1v) is 9.78. The Balaban J connectivity index is 2.90. The predicted molar refractivity (Wildman–Crippen MR) is 94.0 cm³/mol. The summed E-state index contributed by atoms with van der Waals surface area (Å²) in [4.78, 5) is 0. The van der Waals surface area contributed by atoms with Crippen molar-refractivity contribution in [1.82, 2.24) is 5.48 Å². The van der Waals surface area contributed by atoms with Gasteiger partial charge in [0.15, 0.2) is 0 Å². The Morgan fingerprint density at radius 2 is 0.762 bits per heavy atom. The molecule has 0 aromatic rings. The average molecular weight is 300 g/mol. The molecule has 0 spiro atoms. The molecule has 0 unspecified atom stereocenters. The smallest absolute Gasteiger partial charge is 0.0207 e. The second-order valence-electron chi connectivity index (χ2n) is 6.56. The summed E-state index contributed by atoms with van der Waals surface area (Å²) in [5.41, 5.74) is 2.22. The Morgan fingerprint density at radius 3 is 1.05 bits per heavy atom. The van der Waals surface area contributed by atoms with E-state index in [2.05, 4.69) is 12.4 Å². The van der Waals surface area contributed by atoms with Crippen LogP contribution < -0.4 is 5.48 Å². The Bertz CT molecular complexity index is 155. The summed E-state index contributed by atoms with van der Waals surface area (Å²) in [5.74, 6) is 0. The minimum Gasteiger partial charge on any atom is -0.317 e. The molecule has 0 fully saturated rings. The van der Waals surface area contributed by atoms with Gasteiger partial charge >= 0.3 is 0 Å². The fourth-order valence-corrected chi connectivity index (χ4v) is 2.93. The van der Waals surface area contributed by atoms with Crippen LogP contribution in [0.25, 0.3) is 0 Å². The fourth-order valence-electron chi connectivity index (χ4n) is 2.93. The molecule has 0 aliphatic heterocycles. The fraction of sp³-hybridized carbons (Fsp3) is 1.00. The lowest BCUT2D eigenvalue weighted by Crippen LogP contribution is -2.07. The molecule has 0 aromatic carbocycles. The maximum Gasteiger partial charge on any atom is 0.0207 e. The molecule has 2 N–H and O–H groups in total. The van der Waals surface area contributed by atoms with E-state index in [0.717, 1.165) is 13.0 Å². The topological polar surface area (TPSA) is 32.3 Å². The highest BCUT2D eigenvalue weighted by Crippen LogP contribution is 2.13. The molecule has 2 heteroatoms. The number of nitrogens with one attached hydrogen (secondary N) is 1. The molecule has 0 atom stereocenters. The van der Waals surface area contributed by atoms with Gasteiger partial charge in [0.2, 0.25) is 0 Å². The number of unbranched alkanes of at least 4 members (excludes halogenated alkanes) is 16. The maximum absolute atomic E-state index is 8.44. The Labute approximate surface area is 134 Å². The molecule has 0 heterocycles. The van der Waals surface area contributed by atoms with Crippen LogP contribution in [-0.4, -0.2) is 11.8 Å². The van der Waals surface area contributed by atoms with Crippen LogP contribution in [0.15, 0.2) is 0 Å². The van der Waals surface area contributed by atoms with Crippen molar-refractivity contribution in [3.05, 3.63) is 0 Å². The molecule has 0 amide bonds. The number of hydrogen-bond acceptors (Lipinski definition) is 2. The minimum atomic E-state index is 0.749. The number of hydrogen-bond donors (Lipinski definition) is 2. The van der Waals surface area contributed by atoms with Gasteiger partial charge in [0.05, 0.1) is 0 Å². The van der Waals surface area contributed by atoms with Gasteiger partial charge in [0, 0.05) is 6.54 Å². The van der Waals surface area contributed by atoms with Crippen LogP contribution in [0.1, 0.15) is 116 Å². The van der Waals surface area contributed by atoms with E-state index in [1.54, 1.807) is 0 Å². The van der Waals surface area contributed by atoms with Crippen LogP contribution >= 0.6 is 0 Å². The van der Waals surface area contributed by atoms with Crippen molar-refractivity contribution in [1.29, 1.82) is 0 Å². The molecular formula is C19H41NO. The van der Waals surface area contributed by atoms with Crippen LogP contribution in [0.3, 0.4) is 0 Å². The lowest BCUT2D eigenvalue weighted by molar-refractivity contribution is 0.164. The Kier molecular flexibility index (Phi) is 19.8. The van der Waals surface area contributed by atoms with Crippen LogP contribution in [0.4, 0.5) is 0 Å². The van der Waals surface area contributed by atoms with E-state index in [0.29, 0.717) is 0 Å². The Morgan fingerprint density at radius 1 is 0.476 bits per heavy atom.